The summed E-state index contributed by atoms with van der Waals surface area (Å²) >= 11 is 0. The number of aliphatic carboxylic acids is 1. The van der Waals surface area contributed by atoms with Crippen LogP contribution in [0.25, 0.3) is 0 Å². The smallest absolute Gasteiger partial charge is 0.324 e. The van der Waals surface area contributed by atoms with Gasteiger partial charge in [0.05, 0.1) is 12.5 Å². The van der Waals surface area contributed by atoms with Crippen LogP contribution in [0.15, 0.2) is 48.5 Å². The Balaban J connectivity index is 1.34. The van der Waals surface area contributed by atoms with Crippen molar-refractivity contribution in [1.29, 1.82) is 0 Å². The summed E-state index contributed by atoms with van der Waals surface area (Å²) in [4.78, 5) is 40.2. The van der Waals surface area contributed by atoms with E-state index in [0.29, 0.717) is 19.6 Å². The standard InChI is InChI=1S/C25H30N4O4/c30-23(27-22(17-24(31)32)19-4-2-1-3-5-19)10-13-28-14-15-29(25(28)33)21-7-6-18-8-11-26-12-9-20(18)16-21/h1-7,16,22,26H,8-15,17H2,(H,27,30)(H,31,32). The second kappa shape index (κ2) is 10.5. The second-order valence-corrected chi connectivity index (χ2v) is 8.50. The Bertz CT molecular complexity index is 1010. The van der Waals surface area contributed by atoms with Crippen molar-refractivity contribution in [2.24, 2.45) is 0 Å². The van der Waals surface area contributed by atoms with E-state index in [1.165, 1.54) is 11.1 Å². The topological polar surface area (TPSA) is 102 Å². The number of hydrogen-bond donors (Lipinski definition) is 3. The van der Waals surface area contributed by atoms with E-state index in [0.717, 1.165) is 37.2 Å². The van der Waals surface area contributed by atoms with Crippen molar-refractivity contribution in [2.75, 3.05) is 37.6 Å². The molecule has 4 rings (SSSR count). The molecule has 8 heteroatoms. The van der Waals surface area contributed by atoms with E-state index in [9.17, 15) is 19.5 Å². The Morgan fingerprint density at radius 2 is 1.79 bits per heavy atom. The van der Waals surface area contributed by atoms with Crippen LogP contribution in [-0.2, 0) is 22.4 Å². The van der Waals surface area contributed by atoms with Crippen LogP contribution in [0.4, 0.5) is 10.5 Å². The third-order valence-corrected chi connectivity index (χ3v) is 6.26. The van der Waals surface area contributed by atoms with Crippen LogP contribution in [0, 0.1) is 0 Å². The quantitative estimate of drug-likeness (QED) is 0.573. The lowest BCUT2D eigenvalue weighted by molar-refractivity contribution is -0.137. The van der Waals surface area contributed by atoms with Gasteiger partial charge in [-0.25, -0.2) is 4.79 Å². The fraction of sp³-hybridized carbons (Fsp3) is 0.400. The van der Waals surface area contributed by atoms with E-state index in [-0.39, 0.29) is 24.8 Å². The Morgan fingerprint density at radius 1 is 1.03 bits per heavy atom. The van der Waals surface area contributed by atoms with Gasteiger partial charge in [0.15, 0.2) is 0 Å². The third kappa shape index (κ3) is 5.70. The molecule has 8 nitrogen and oxygen atoms in total. The van der Waals surface area contributed by atoms with E-state index in [1.807, 2.05) is 24.3 Å². The summed E-state index contributed by atoms with van der Waals surface area (Å²) in [5.41, 5.74) is 4.26. The second-order valence-electron chi connectivity index (χ2n) is 8.50. The first-order valence-electron chi connectivity index (χ1n) is 11.5. The van der Waals surface area contributed by atoms with E-state index in [4.69, 9.17) is 0 Å². The van der Waals surface area contributed by atoms with Crippen LogP contribution in [0.1, 0.15) is 35.6 Å². The summed E-state index contributed by atoms with van der Waals surface area (Å²) in [5.74, 6) is -1.25. The van der Waals surface area contributed by atoms with E-state index >= 15 is 0 Å². The average molecular weight is 451 g/mol. The normalized spacial score (nSPS) is 16.8. The molecule has 1 unspecified atom stereocenters. The number of carboxylic acids is 1. The Kier molecular flexibility index (Phi) is 7.24. The van der Waals surface area contributed by atoms with Gasteiger partial charge in [-0.1, -0.05) is 36.4 Å². The molecule has 2 aromatic carbocycles. The minimum Gasteiger partial charge on any atom is -0.481 e. The highest BCUT2D eigenvalue weighted by molar-refractivity contribution is 5.94. The van der Waals surface area contributed by atoms with Crippen LogP contribution >= 0.6 is 0 Å². The number of carboxylic acid groups (broad SMARTS) is 1. The molecule has 0 radical (unpaired) electrons. The minimum atomic E-state index is -0.981. The molecule has 1 atom stereocenters. The van der Waals surface area contributed by atoms with E-state index in [1.54, 1.807) is 21.9 Å². The van der Waals surface area contributed by atoms with Gasteiger partial charge in [0, 0.05) is 31.7 Å². The predicted molar refractivity (Wildman–Crippen MR) is 125 cm³/mol. The van der Waals surface area contributed by atoms with Gasteiger partial charge in [0.25, 0.3) is 0 Å². The summed E-state index contributed by atoms with van der Waals surface area (Å²) in [6.45, 7) is 3.36. The Morgan fingerprint density at radius 3 is 2.55 bits per heavy atom. The predicted octanol–water partition coefficient (Wildman–Crippen LogP) is 2.34. The molecule has 33 heavy (non-hydrogen) atoms. The maximum Gasteiger partial charge on any atom is 0.324 e. The molecule has 0 aliphatic carbocycles. The van der Waals surface area contributed by atoms with Gasteiger partial charge in [0.1, 0.15) is 0 Å². The van der Waals surface area contributed by atoms with Crippen molar-refractivity contribution in [3.05, 3.63) is 65.2 Å². The molecule has 2 aliphatic heterocycles. The van der Waals surface area contributed by atoms with Crippen LogP contribution in [0.2, 0.25) is 0 Å². The summed E-state index contributed by atoms with van der Waals surface area (Å²) in [6, 6.07) is 14.6. The monoisotopic (exact) mass is 450 g/mol. The van der Waals surface area contributed by atoms with Crippen LogP contribution in [0.5, 0.6) is 0 Å². The van der Waals surface area contributed by atoms with Gasteiger partial charge in [0.2, 0.25) is 5.91 Å². The lowest BCUT2D eigenvalue weighted by Gasteiger charge is -2.21. The zero-order valence-corrected chi connectivity index (χ0v) is 18.6. The number of rotatable bonds is 8. The number of carbonyl (C=O) groups is 3. The lowest BCUT2D eigenvalue weighted by Crippen LogP contribution is -2.36. The summed E-state index contributed by atoms with van der Waals surface area (Å²) in [6.07, 6.45) is 1.88. The fourth-order valence-electron chi connectivity index (χ4n) is 4.47. The first kappa shape index (κ1) is 22.8. The third-order valence-electron chi connectivity index (χ3n) is 6.26. The minimum absolute atomic E-state index is 0.0976. The number of nitrogens with one attached hydrogen (secondary N) is 2. The number of nitrogens with zero attached hydrogens (tertiary/aromatic N) is 2. The molecular formula is C25H30N4O4. The molecule has 0 bridgehead atoms. The van der Waals surface area contributed by atoms with Gasteiger partial charge in [-0.3, -0.25) is 14.5 Å². The fourth-order valence-corrected chi connectivity index (χ4v) is 4.47. The average Bonchev–Trinajstić information content (AvgIpc) is 3.02. The molecule has 1 saturated heterocycles. The first-order chi connectivity index (χ1) is 16.0. The highest BCUT2D eigenvalue weighted by Gasteiger charge is 2.30. The van der Waals surface area contributed by atoms with Gasteiger partial charge in [-0.05, 0) is 54.8 Å². The Labute approximate surface area is 193 Å². The number of hydrogen-bond acceptors (Lipinski definition) is 4. The van der Waals surface area contributed by atoms with Gasteiger partial charge in [-0.15, -0.1) is 0 Å². The zero-order valence-electron chi connectivity index (χ0n) is 18.6. The van der Waals surface area contributed by atoms with Gasteiger partial charge in [-0.2, -0.15) is 0 Å². The molecule has 2 heterocycles. The zero-order chi connectivity index (χ0) is 23.2. The largest absolute Gasteiger partial charge is 0.481 e. The van der Waals surface area contributed by atoms with Crippen LogP contribution < -0.4 is 15.5 Å². The van der Waals surface area contributed by atoms with Crippen LogP contribution in [0.3, 0.4) is 0 Å². The molecule has 0 spiro atoms. The number of carbonyl (C=O) groups excluding carboxylic acids is 2. The number of fused-ring (bicyclic) bond motifs is 1. The molecule has 174 valence electrons. The summed E-state index contributed by atoms with van der Waals surface area (Å²) in [7, 11) is 0. The number of benzene rings is 2. The molecule has 2 aliphatic rings. The van der Waals surface area contributed by atoms with E-state index in [2.05, 4.69) is 22.8 Å². The molecule has 2 aromatic rings. The van der Waals surface area contributed by atoms with Crippen molar-refractivity contribution in [3.63, 3.8) is 0 Å². The van der Waals surface area contributed by atoms with Gasteiger partial charge >= 0.3 is 12.0 Å². The maximum atomic E-state index is 13.0. The molecule has 3 amide bonds. The van der Waals surface area contributed by atoms with Crippen molar-refractivity contribution < 1.29 is 19.5 Å². The van der Waals surface area contributed by atoms with Crippen molar-refractivity contribution >= 4 is 23.6 Å². The lowest BCUT2D eigenvalue weighted by atomic mass is 10.0. The molecular weight excluding hydrogens is 420 g/mol. The maximum absolute atomic E-state index is 13.0. The highest BCUT2D eigenvalue weighted by Crippen LogP contribution is 2.25. The highest BCUT2D eigenvalue weighted by atomic mass is 16.4. The Hall–Kier alpha value is -3.39. The molecule has 3 N–H and O–H groups in total. The number of urea groups is 1. The van der Waals surface area contributed by atoms with E-state index < -0.39 is 12.0 Å². The van der Waals surface area contributed by atoms with Crippen LogP contribution in [-0.4, -0.2) is 60.6 Å². The molecule has 0 aromatic heterocycles. The first-order valence-corrected chi connectivity index (χ1v) is 11.5. The van der Waals surface area contributed by atoms with Crippen molar-refractivity contribution in [2.45, 2.75) is 31.7 Å². The summed E-state index contributed by atoms with van der Waals surface area (Å²) in [5, 5.41) is 15.4. The van der Waals surface area contributed by atoms with Gasteiger partial charge < -0.3 is 20.6 Å². The molecule has 0 saturated carbocycles. The summed E-state index contributed by atoms with van der Waals surface area (Å²) < 4.78 is 0. The molecule has 1 fully saturated rings. The number of amides is 3. The van der Waals surface area contributed by atoms with Crippen molar-refractivity contribution in [3.8, 4) is 0 Å². The van der Waals surface area contributed by atoms with Crippen molar-refractivity contribution in [1.82, 2.24) is 15.5 Å². The SMILES string of the molecule is O=C(O)CC(NC(=O)CCN1CCN(c2ccc3c(c2)CCNCC3)C1=O)c1ccccc1. The number of anilines is 1.